The van der Waals surface area contributed by atoms with Gasteiger partial charge in [-0.05, 0) is 35.4 Å². The Kier molecular flexibility index (Phi) is 6.06. The van der Waals surface area contributed by atoms with E-state index < -0.39 is 0 Å². The van der Waals surface area contributed by atoms with Crippen LogP contribution in [-0.2, 0) is 0 Å². The first-order valence-corrected chi connectivity index (χ1v) is 7.11. The highest BCUT2D eigenvalue weighted by Crippen LogP contribution is 2.13. The Morgan fingerprint density at radius 3 is 1.23 bits per heavy atom. The fourth-order valence-corrected chi connectivity index (χ4v) is 1.89. The average molecular weight is 292 g/mol. The molecular weight excluding hydrogens is 272 g/mol. The van der Waals surface area contributed by atoms with E-state index in [1.54, 1.807) is 14.2 Å². The Morgan fingerprint density at radius 2 is 0.909 bits per heavy atom. The monoisotopic (exact) mass is 292 g/mol. The lowest BCUT2D eigenvalue weighted by molar-refractivity contribution is 0.414. The van der Waals surface area contributed by atoms with Crippen molar-refractivity contribution in [3.05, 3.63) is 84.0 Å². The van der Waals surface area contributed by atoms with E-state index in [1.807, 2.05) is 72.8 Å². The van der Waals surface area contributed by atoms with Crippen molar-refractivity contribution in [3.63, 3.8) is 0 Å². The van der Waals surface area contributed by atoms with Crippen LogP contribution in [0.2, 0.25) is 0 Å². The second kappa shape index (κ2) is 8.53. The van der Waals surface area contributed by atoms with Crippen LogP contribution in [-0.4, -0.2) is 14.2 Å². The van der Waals surface area contributed by atoms with Gasteiger partial charge >= 0.3 is 0 Å². The third-order valence-electron chi connectivity index (χ3n) is 3.14. The molecule has 0 aromatic heterocycles. The summed E-state index contributed by atoms with van der Waals surface area (Å²) in [7, 11) is 3.34. The van der Waals surface area contributed by atoms with E-state index in [2.05, 4.69) is 12.2 Å². The number of allylic oxidation sites excluding steroid dienone is 4. The molecule has 22 heavy (non-hydrogen) atoms. The maximum atomic E-state index is 5.13. The zero-order valence-electron chi connectivity index (χ0n) is 12.9. The summed E-state index contributed by atoms with van der Waals surface area (Å²) in [6, 6.07) is 15.9. The van der Waals surface area contributed by atoms with Gasteiger partial charge in [0, 0.05) is 0 Å². The molecule has 0 radical (unpaired) electrons. The molecule has 0 atom stereocenters. The number of hydrogen-bond donors (Lipinski definition) is 0. The molecule has 0 N–H and O–H groups in total. The molecular formula is C20H20O2. The highest BCUT2D eigenvalue weighted by Gasteiger charge is 1.89. The topological polar surface area (TPSA) is 18.5 Å². The van der Waals surface area contributed by atoms with Gasteiger partial charge in [-0.15, -0.1) is 0 Å². The standard InChI is InChI=1S/C20H20O2/c1-21-19-13-9-17(10-14-19)7-5-3-4-6-8-18-11-15-20(22-2)16-12-18/h3-16H,1-2H3/b4-3+,7-5-,8-6-. The van der Waals surface area contributed by atoms with Crippen molar-refractivity contribution >= 4 is 12.2 Å². The molecule has 2 aromatic carbocycles. The molecule has 2 heteroatoms. The molecule has 0 fully saturated rings. The first-order chi connectivity index (χ1) is 10.8. The van der Waals surface area contributed by atoms with Gasteiger partial charge in [-0.3, -0.25) is 0 Å². The Labute approximate surface area is 132 Å². The van der Waals surface area contributed by atoms with Crippen LogP contribution in [0.3, 0.4) is 0 Å². The number of methoxy groups -OCH3 is 2. The van der Waals surface area contributed by atoms with Crippen molar-refractivity contribution < 1.29 is 9.47 Å². The summed E-state index contributed by atoms with van der Waals surface area (Å²) < 4.78 is 10.3. The highest BCUT2D eigenvalue weighted by molar-refractivity contribution is 5.54. The molecule has 112 valence electrons. The molecule has 0 bridgehead atoms. The average Bonchev–Trinajstić information content (AvgIpc) is 2.59. The number of ether oxygens (including phenoxy) is 2. The largest absolute Gasteiger partial charge is 0.497 e. The molecule has 0 amide bonds. The van der Waals surface area contributed by atoms with Crippen LogP contribution in [0.25, 0.3) is 12.2 Å². The minimum atomic E-state index is 0.870. The van der Waals surface area contributed by atoms with Crippen molar-refractivity contribution in [1.29, 1.82) is 0 Å². The fraction of sp³-hybridized carbons (Fsp3) is 0.100. The smallest absolute Gasteiger partial charge is 0.118 e. The first kappa shape index (κ1) is 15.6. The van der Waals surface area contributed by atoms with E-state index in [1.165, 1.54) is 0 Å². The zero-order valence-corrected chi connectivity index (χ0v) is 12.9. The molecule has 0 aliphatic rings. The van der Waals surface area contributed by atoms with E-state index in [0.29, 0.717) is 0 Å². The fourth-order valence-electron chi connectivity index (χ4n) is 1.89. The molecule has 2 rings (SSSR count). The summed E-state index contributed by atoms with van der Waals surface area (Å²) in [5, 5.41) is 0. The summed E-state index contributed by atoms with van der Waals surface area (Å²) in [6.45, 7) is 0. The lowest BCUT2D eigenvalue weighted by atomic mass is 10.2. The van der Waals surface area contributed by atoms with Crippen molar-refractivity contribution in [2.75, 3.05) is 14.2 Å². The normalized spacial score (nSPS) is 11.5. The maximum absolute atomic E-state index is 5.13. The Morgan fingerprint density at radius 1 is 0.545 bits per heavy atom. The predicted octanol–water partition coefficient (Wildman–Crippen LogP) is 4.99. The summed E-state index contributed by atoms with van der Waals surface area (Å²) in [5.41, 5.74) is 2.29. The van der Waals surface area contributed by atoms with Crippen LogP contribution in [0.15, 0.2) is 72.8 Å². The number of hydrogen-bond acceptors (Lipinski definition) is 2. The minimum absolute atomic E-state index is 0.870. The van der Waals surface area contributed by atoms with Crippen LogP contribution in [0.1, 0.15) is 11.1 Å². The first-order valence-electron chi connectivity index (χ1n) is 7.11. The van der Waals surface area contributed by atoms with Crippen LogP contribution in [0.4, 0.5) is 0 Å². The van der Waals surface area contributed by atoms with Crippen molar-refractivity contribution in [2.45, 2.75) is 0 Å². The molecule has 0 spiro atoms. The van der Waals surface area contributed by atoms with Crippen molar-refractivity contribution in [2.24, 2.45) is 0 Å². The predicted molar refractivity (Wildman–Crippen MR) is 93.2 cm³/mol. The molecule has 0 heterocycles. The Hall–Kier alpha value is -2.74. The second-order valence-corrected chi connectivity index (χ2v) is 4.65. The van der Waals surface area contributed by atoms with E-state index in [4.69, 9.17) is 9.47 Å². The zero-order chi connectivity index (χ0) is 15.6. The van der Waals surface area contributed by atoms with Gasteiger partial charge in [0.1, 0.15) is 11.5 Å². The molecule has 0 unspecified atom stereocenters. The molecule has 0 aliphatic heterocycles. The van der Waals surface area contributed by atoms with E-state index in [0.717, 1.165) is 22.6 Å². The van der Waals surface area contributed by atoms with Gasteiger partial charge in [0.25, 0.3) is 0 Å². The molecule has 0 saturated carbocycles. The third kappa shape index (κ3) is 4.98. The van der Waals surface area contributed by atoms with Gasteiger partial charge in [0.2, 0.25) is 0 Å². The van der Waals surface area contributed by atoms with Crippen molar-refractivity contribution in [1.82, 2.24) is 0 Å². The molecule has 0 saturated heterocycles. The van der Waals surface area contributed by atoms with Crippen LogP contribution in [0, 0.1) is 0 Å². The molecule has 0 aliphatic carbocycles. The third-order valence-corrected chi connectivity index (χ3v) is 3.14. The summed E-state index contributed by atoms with van der Waals surface area (Å²) in [5.74, 6) is 1.74. The van der Waals surface area contributed by atoms with Gasteiger partial charge in [0.15, 0.2) is 0 Å². The van der Waals surface area contributed by atoms with Gasteiger partial charge in [-0.1, -0.05) is 60.7 Å². The second-order valence-electron chi connectivity index (χ2n) is 4.65. The van der Waals surface area contributed by atoms with E-state index in [-0.39, 0.29) is 0 Å². The lowest BCUT2D eigenvalue weighted by Crippen LogP contribution is -1.81. The lowest BCUT2D eigenvalue weighted by Gasteiger charge is -1.98. The summed E-state index contributed by atoms with van der Waals surface area (Å²) >= 11 is 0. The van der Waals surface area contributed by atoms with E-state index >= 15 is 0 Å². The van der Waals surface area contributed by atoms with Gasteiger partial charge < -0.3 is 9.47 Å². The van der Waals surface area contributed by atoms with Crippen LogP contribution < -0.4 is 9.47 Å². The van der Waals surface area contributed by atoms with Gasteiger partial charge in [0.05, 0.1) is 14.2 Å². The number of rotatable bonds is 6. The maximum Gasteiger partial charge on any atom is 0.118 e. The quantitative estimate of drug-likeness (QED) is 0.699. The summed E-state index contributed by atoms with van der Waals surface area (Å²) in [6.07, 6.45) is 12.1. The van der Waals surface area contributed by atoms with Crippen LogP contribution >= 0.6 is 0 Å². The van der Waals surface area contributed by atoms with Gasteiger partial charge in [-0.25, -0.2) is 0 Å². The Balaban J connectivity index is 1.85. The van der Waals surface area contributed by atoms with E-state index in [9.17, 15) is 0 Å². The minimum Gasteiger partial charge on any atom is -0.497 e. The molecule has 2 nitrogen and oxygen atoms in total. The SMILES string of the molecule is COc1ccc(\C=C/C=C/C=C\c2ccc(OC)cc2)cc1. The van der Waals surface area contributed by atoms with Gasteiger partial charge in [-0.2, -0.15) is 0 Å². The molecule has 2 aromatic rings. The Bertz CT molecular complexity index is 588. The van der Waals surface area contributed by atoms with Crippen LogP contribution in [0.5, 0.6) is 11.5 Å². The summed E-state index contributed by atoms with van der Waals surface area (Å²) in [4.78, 5) is 0. The van der Waals surface area contributed by atoms with Crippen molar-refractivity contribution in [3.8, 4) is 11.5 Å². The highest BCUT2D eigenvalue weighted by atomic mass is 16.5. The number of benzene rings is 2.